The first-order chi connectivity index (χ1) is 10.8. The lowest BCUT2D eigenvalue weighted by Crippen LogP contribution is -2.36. The Morgan fingerprint density at radius 3 is 2.77 bits per heavy atom. The molecule has 22 heavy (non-hydrogen) atoms. The van der Waals surface area contributed by atoms with Crippen LogP contribution in [0.4, 0.5) is 0 Å². The second-order valence-corrected chi connectivity index (χ2v) is 5.61. The van der Waals surface area contributed by atoms with Crippen molar-refractivity contribution in [2.75, 3.05) is 0 Å². The lowest BCUT2D eigenvalue weighted by molar-refractivity contribution is 0.0934. The van der Waals surface area contributed by atoms with Gasteiger partial charge in [-0.05, 0) is 48.9 Å². The van der Waals surface area contributed by atoms with Crippen LogP contribution in [0.1, 0.15) is 40.0 Å². The summed E-state index contributed by atoms with van der Waals surface area (Å²) in [4.78, 5) is 16.4. The molecule has 1 N–H and O–H groups in total. The molecule has 1 aliphatic carbocycles. The average Bonchev–Trinajstić information content (AvgIpc) is 2.76. The van der Waals surface area contributed by atoms with Gasteiger partial charge in [0.2, 0.25) is 0 Å². The van der Waals surface area contributed by atoms with Gasteiger partial charge in [0, 0.05) is 12.2 Å². The number of hydrogen-bond donors (Lipinski definition) is 1. The van der Waals surface area contributed by atoms with Crippen molar-refractivity contribution in [3.05, 3.63) is 65.0 Å². The van der Waals surface area contributed by atoms with Gasteiger partial charge in [0.05, 0.1) is 5.56 Å². The Labute approximate surface area is 130 Å². The average molecular weight is 290 g/mol. The molecule has 3 rings (SSSR count). The number of aromatic nitrogens is 1. The van der Waals surface area contributed by atoms with E-state index in [1.165, 1.54) is 17.3 Å². The van der Waals surface area contributed by atoms with Crippen LogP contribution in [0.5, 0.6) is 0 Å². The molecule has 0 aliphatic heterocycles. The minimum atomic E-state index is -0.0829. The molecule has 1 unspecified atom stereocenters. The van der Waals surface area contributed by atoms with E-state index in [1.807, 2.05) is 0 Å². The molecule has 1 atom stereocenters. The first kappa shape index (κ1) is 14.3. The maximum atomic E-state index is 12.3. The molecule has 0 bridgehead atoms. The van der Waals surface area contributed by atoms with E-state index in [1.54, 1.807) is 12.1 Å². The zero-order valence-corrected chi connectivity index (χ0v) is 12.4. The lowest BCUT2D eigenvalue weighted by atomic mass is 10.0. The van der Waals surface area contributed by atoms with Crippen LogP contribution < -0.4 is 5.32 Å². The molecular weight excluding hydrogens is 272 g/mol. The molecule has 0 saturated carbocycles. The SMILES string of the molecule is C#Cc1ccc(C(=O)NC2CCCc3ccccc3C2)cn1. The summed E-state index contributed by atoms with van der Waals surface area (Å²) >= 11 is 0. The van der Waals surface area contributed by atoms with E-state index in [4.69, 9.17) is 6.42 Å². The van der Waals surface area contributed by atoms with Crippen molar-refractivity contribution in [3.63, 3.8) is 0 Å². The molecule has 0 spiro atoms. The van der Waals surface area contributed by atoms with E-state index in [9.17, 15) is 4.79 Å². The fourth-order valence-electron chi connectivity index (χ4n) is 2.91. The normalized spacial score (nSPS) is 17.0. The van der Waals surface area contributed by atoms with Crippen LogP contribution in [0.15, 0.2) is 42.6 Å². The van der Waals surface area contributed by atoms with E-state index < -0.39 is 0 Å². The van der Waals surface area contributed by atoms with Gasteiger partial charge in [-0.2, -0.15) is 0 Å². The molecule has 110 valence electrons. The summed E-state index contributed by atoms with van der Waals surface area (Å²) in [6.07, 6.45) is 10.9. The molecule has 1 aliphatic rings. The topological polar surface area (TPSA) is 42.0 Å². The molecule has 1 amide bonds. The number of terminal acetylenes is 1. The summed E-state index contributed by atoms with van der Waals surface area (Å²) in [5.41, 5.74) is 3.84. The number of rotatable bonds is 2. The number of hydrogen-bond acceptors (Lipinski definition) is 2. The van der Waals surface area contributed by atoms with Crippen molar-refractivity contribution in [2.24, 2.45) is 0 Å². The molecule has 0 radical (unpaired) electrons. The number of nitrogens with one attached hydrogen (secondary N) is 1. The third-order valence-corrected chi connectivity index (χ3v) is 4.09. The van der Waals surface area contributed by atoms with Crippen LogP contribution in [0.25, 0.3) is 0 Å². The number of amides is 1. The third-order valence-electron chi connectivity index (χ3n) is 4.09. The largest absolute Gasteiger partial charge is 0.349 e. The Bertz CT molecular complexity index is 713. The van der Waals surface area contributed by atoms with Crippen molar-refractivity contribution in [2.45, 2.75) is 31.7 Å². The fourth-order valence-corrected chi connectivity index (χ4v) is 2.91. The molecule has 3 heteroatoms. The highest BCUT2D eigenvalue weighted by Gasteiger charge is 2.18. The Hall–Kier alpha value is -2.60. The Morgan fingerprint density at radius 2 is 2.05 bits per heavy atom. The van der Waals surface area contributed by atoms with E-state index in [0.717, 1.165) is 25.7 Å². The molecule has 1 aromatic heterocycles. The van der Waals surface area contributed by atoms with Crippen LogP contribution in [0.3, 0.4) is 0 Å². The number of carbonyl (C=O) groups is 1. The van der Waals surface area contributed by atoms with Crippen LogP contribution >= 0.6 is 0 Å². The van der Waals surface area contributed by atoms with Crippen molar-refractivity contribution < 1.29 is 4.79 Å². The van der Waals surface area contributed by atoms with Crippen molar-refractivity contribution >= 4 is 5.91 Å². The zero-order chi connectivity index (χ0) is 15.4. The minimum absolute atomic E-state index is 0.0829. The lowest BCUT2D eigenvalue weighted by Gasteiger charge is -2.17. The molecular formula is C19H18N2O. The Balaban J connectivity index is 1.70. The summed E-state index contributed by atoms with van der Waals surface area (Å²) in [6.45, 7) is 0. The number of aryl methyl sites for hydroxylation is 1. The highest BCUT2D eigenvalue weighted by molar-refractivity contribution is 5.94. The van der Waals surface area contributed by atoms with Crippen LogP contribution in [-0.4, -0.2) is 16.9 Å². The van der Waals surface area contributed by atoms with Crippen molar-refractivity contribution in [1.82, 2.24) is 10.3 Å². The maximum Gasteiger partial charge on any atom is 0.253 e. The second kappa shape index (κ2) is 6.44. The van der Waals surface area contributed by atoms with Crippen molar-refractivity contribution in [1.29, 1.82) is 0 Å². The van der Waals surface area contributed by atoms with Gasteiger partial charge >= 0.3 is 0 Å². The highest BCUT2D eigenvalue weighted by atomic mass is 16.1. The first-order valence-electron chi connectivity index (χ1n) is 7.56. The molecule has 3 nitrogen and oxygen atoms in total. The summed E-state index contributed by atoms with van der Waals surface area (Å²) in [5.74, 6) is 2.37. The second-order valence-electron chi connectivity index (χ2n) is 5.61. The predicted octanol–water partition coefficient (Wildman–Crippen LogP) is 2.74. The molecule has 1 heterocycles. The van der Waals surface area contributed by atoms with E-state index in [-0.39, 0.29) is 11.9 Å². The quantitative estimate of drug-likeness (QED) is 0.682. The smallest absolute Gasteiger partial charge is 0.253 e. The zero-order valence-electron chi connectivity index (χ0n) is 12.4. The van der Waals surface area contributed by atoms with Crippen LogP contribution in [0.2, 0.25) is 0 Å². The standard InChI is InChI=1S/C19H18N2O/c1-2-17-11-10-16(13-20-17)19(22)21-18-9-5-8-14-6-3-4-7-15(14)12-18/h1,3-4,6-7,10-11,13,18H,5,8-9,12H2,(H,21,22). The van der Waals surface area contributed by atoms with Gasteiger partial charge in [0.25, 0.3) is 5.91 Å². The number of benzene rings is 1. The van der Waals surface area contributed by atoms with E-state index >= 15 is 0 Å². The number of nitrogens with zero attached hydrogens (tertiary/aromatic N) is 1. The van der Waals surface area contributed by atoms with E-state index in [0.29, 0.717) is 11.3 Å². The number of pyridine rings is 1. The van der Waals surface area contributed by atoms with Gasteiger partial charge < -0.3 is 5.32 Å². The molecule has 0 saturated heterocycles. The van der Waals surface area contributed by atoms with Gasteiger partial charge in [-0.25, -0.2) is 4.98 Å². The summed E-state index contributed by atoms with van der Waals surface area (Å²) < 4.78 is 0. The van der Waals surface area contributed by atoms with Gasteiger partial charge in [-0.1, -0.05) is 30.2 Å². The highest BCUT2D eigenvalue weighted by Crippen LogP contribution is 2.20. The van der Waals surface area contributed by atoms with Crippen LogP contribution in [0, 0.1) is 12.3 Å². The van der Waals surface area contributed by atoms with Crippen LogP contribution in [-0.2, 0) is 12.8 Å². The van der Waals surface area contributed by atoms with E-state index in [2.05, 4.69) is 40.5 Å². The molecule has 2 aromatic rings. The fraction of sp³-hybridized carbons (Fsp3) is 0.263. The maximum absolute atomic E-state index is 12.3. The monoisotopic (exact) mass is 290 g/mol. The summed E-state index contributed by atoms with van der Waals surface area (Å²) in [6, 6.07) is 12.1. The van der Waals surface area contributed by atoms with Crippen molar-refractivity contribution in [3.8, 4) is 12.3 Å². The van der Waals surface area contributed by atoms with Gasteiger partial charge in [-0.3, -0.25) is 4.79 Å². The predicted molar refractivity (Wildman–Crippen MR) is 86.5 cm³/mol. The Kier molecular flexibility index (Phi) is 4.20. The Morgan fingerprint density at radius 1 is 1.23 bits per heavy atom. The summed E-state index contributed by atoms with van der Waals surface area (Å²) in [7, 11) is 0. The van der Waals surface area contributed by atoms with Gasteiger partial charge in [0.1, 0.15) is 5.69 Å². The molecule has 0 fully saturated rings. The summed E-state index contributed by atoms with van der Waals surface area (Å²) in [5, 5.41) is 3.12. The number of carbonyl (C=O) groups excluding carboxylic acids is 1. The number of fused-ring (bicyclic) bond motifs is 1. The third kappa shape index (κ3) is 3.17. The molecule has 1 aromatic carbocycles. The first-order valence-corrected chi connectivity index (χ1v) is 7.56. The minimum Gasteiger partial charge on any atom is -0.349 e. The van der Waals surface area contributed by atoms with Gasteiger partial charge in [0.15, 0.2) is 0 Å². The van der Waals surface area contributed by atoms with Gasteiger partial charge in [-0.15, -0.1) is 6.42 Å².